The van der Waals surface area contributed by atoms with Crippen LogP contribution in [0.15, 0.2) is 52.0 Å². The molecule has 1 amide bonds. The Morgan fingerprint density at radius 1 is 1.07 bits per heavy atom. The molecule has 2 saturated heterocycles. The molecule has 0 unspecified atom stereocenters. The number of rotatable bonds is 5. The van der Waals surface area contributed by atoms with Crippen LogP contribution in [0.25, 0.3) is 0 Å². The molecule has 1 aromatic carbocycles. The van der Waals surface area contributed by atoms with Crippen molar-refractivity contribution in [3.05, 3.63) is 52.6 Å². The molecule has 2 aromatic rings. The molecule has 9 heteroatoms. The summed E-state index contributed by atoms with van der Waals surface area (Å²) in [5.74, 6) is 0.378. The summed E-state index contributed by atoms with van der Waals surface area (Å²) >= 11 is 3.39. The van der Waals surface area contributed by atoms with E-state index < -0.39 is 10.0 Å². The largest absolute Gasteiger partial charge is 0.470 e. The minimum absolute atomic E-state index is 0.107. The molecule has 3 heterocycles. The van der Waals surface area contributed by atoms with Crippen LogP contribution < -0.4 is 4.74 Å². The highest BCUT2D eigenvalue weighted by Gasteiger charge is 2.34. The summed E-state index contributed by atoms with van der Waals surface area (Å²) in [4.78, 5) is 18.7. The third-order valence-corrected chi connectivity index (χ3v) is 7.71. The lowest BCUT2D eigenvalue weighted by Crippen LogP contribution is -2.56. The van der Waals surface area contributed by atoms with E-state index in [0.29, 0.717) is 37.6 Å². The van der Waals surface area contributed by atoms with Gasteiger partial charge < -0.3 is 9.64 Å². The monoisotopic (exact) mass is 479 g/mol. The van der Waals surface area contributed by atoms with Gasteiger partial charge in [-0.05, 0) is 65.2 Å². The number of piperidine rings is 1. The normalized spacial score (nSPS) is 18.3. The summed E-state index contributed by atoms with van der Waals surface area (Å²) in [7, 11) is -3.49. The van der Waals surface area contributed by atoms with Gasteiger partial charge in [-0.2, -0.15) is 4.31 Å². The molecule has 2 fully saturated rings. The van der Waals surface area contributed by atoms with Crippen molar-refractivity contribution in [1.29, 1.82) is 0 Å². The number of hydrogen-bond acceptors (Lipinski definition) is 5. The van der Waals surface area contributed by atoms with Gasteiger partial charge in [-0.3, -0.25) is 4.79 Å². The molecule has 29 heavy (non-hydrogen) atoms. The molecule has 7 nitrogen and oxygen atoms in total. The fraction of sp³-hybridized carbons (Fsp3) is 0.400. The molecule has 0 saturated carbocycles. The van der Waals surface area contributed by atoms with Gasteiger partial charge in [0.2, 0.25) is 15.9 Å². The minimum Gasteiger partial charge on any atom is -0.470 e. The van der Waals surface area contributed by atoms with Gasteiger partial charge in [-0.25, -0.2) is 13.4 Å². The molecule has 1 aromatic heterocycles. The maximum atomic E-state index is 12.7. The molecule has 154 valence electrons. The van der Waals surface area contributed by atoms with Crippen molar-refractivity contribution in [3.63, 3.8) is 0 Å². The smallest absolute Gasteiger partial charge is 0.254 e. The van der Waals surface area contributed by atoms with Gasteiger partial charge in [0.1, 0.15) is 6.10 Å². The number of nitrogens with zero attached hydrogens (tertiary/aromatic N) is 3. The molecule has 0 spiro atoms. The van der Waals surface area contributed by atoms with E-state index in [-0.39, 0.29) is 16.9 Å². The predicted octanol–water partition coefficient (Wildman–Crippen LogP) is 2.92. The van der Waals surface area contributed by atoms with Crippen molar-refractivity contribution in [2.45, 2.75) is 30.3 Å². The fourth-order valence-corrected chi connectivity index (χ4v) is 5.37. The second-order valence-corrected chi connectivity index (χ2v) is 10.0. The third-order valence-electron chi connectivity index (χ3n) is 5.19. The maximum Gasteiger partial charge on any atom is 0.254 e. The highest BCUT2D eigenvalue weighted by molar-refractivity contribution is 9.10. The van der Waals surface area contributed by atoms with Crippen molar-refractivity contribution in [3.8, 4) is 5.88 Å². The number of likely N-dealkylation sites (tertiary alicyclic amines) is 1. The highest BCUT2D eigenvalue weighted by Crippen LogP contribution is 2.26. The van der Waals surface area contributed by atoms with Crippen molar-refractivity contribution in [2.75, 3.05) is 26.2 Å². The molecule has 2 aliphatic heterocycles. The van der Waals surface area contributed by atoms with Crippen LogP contribution in [0, 0.1) is 0 Å². The number of sulfonamides is 1. The van der Waals surface area contributed by atoms with Gasteiger partial charge in [0.05, 0.1) is 22.5 Å². The van der Waals surface area contributed by atoms with E-state index in [1.165, 1.54) is 16.4 Å². The average Bonchev–Trinajstić information content (AvgIpc) is 2.72. The number of carbonyl (C=O) groups is 1. The molecule has 0 aliphatic carbocycles. The second kappa shape index (κ2) is 8.41. The fourth-order valence-electron chi connectivity index (χ4n) is 3.50. The number of aromatic nitrogens is 1. The standard InChI is InChI=1S/C20H22BrN3O4S/c21-18-5-4-10-22-19(18)28-16-13-23(14-16)20(25)15-6-8-17(9-7-15)29(26,27)24-11-2-1-3-12-24/h4-10,16H,1-3,11-14H2. The van der Waals surface area contributed by atoms with Crippen LogP contribution in [0.5, 0.6) is 5.88 Å². The summed E-state index contributed by atoms with van der Waals surface area (Å²) in [6.07, 6.45) is 4.40. The van der Waals surface area contributed by atoms with Crippen LogP contribution in [0.2, 0.25) is 0 Å². The Morgan fingerprint density at radius 2 is 1.76 bits per heavy atom. The molecule has 2 aliphatic rings. The number of benzene rings is 1. The third kappa shape index (κ3) is 4.31. The summed E-state index contributed by atoms with van der Waals surface area (Å²) in [5.41, 5.74) is 0.472. The van der Waals surface area contributed by atoms with Gasteiger partial charge in [-0.15, -0.1) is 0 Å². The second-order valence-electron chi connectivity index (χ2n) is 7.23. The number of amides is 1. The van der Waals surface area contributed by atoms with Gasteiger partial charge in [-0.1, -0.05) is 6.42 Å². The van der Waals surface area contributed by atoms with E-state index in [1.807, 2.05) is 12.1 Å². The van der Waals surface area contributed by atoms with Crippen molar-refractivity contribution >= 4 is 31.9 Å². The quantitative estimate of drug-likeness (QED) is 0.658. The Labute approximate surface area is 178 Å². The maximum absolute atomic E-state index is 12.7. The molecule has 4 rings (SSSR count). The SMILES string of the molecule is O=C(c1ccc(S(=O)(=O)N2CCCCC2)cc1)N1CC(Oc2ncccc2Br)C1. The zero-order chi connectivity index (χ0) is 20.4. The van der Waals surface area contributed by atoms with Gasteiger partial charge >= 0.3 is 0 Å². The van der Waals surface area contributed by atoms with Crippen LogP contribution in [-0.2, 0) is 10.0 Å². The number of halogens is 1. The van der Waals surface area contributed by atoms with Crippen LogP contribution in [-0.4, -0.2) is 60.8 Å². The first kappa shape index (κ1) is 20.3. The lowest BCUT2D eigenvalue weighted by atomic mass is 10.1. The van der Waals surface area contributed by atoms with Crippen LogP contribution in [0.3, 0.4) is 0 Å². The lowest BCUT2D eigenvalue weighted by Gasteiger charge is -2.38. The lowest BCUT2D eigenvalue weighted by molar-refractivity contribution is 0.0157. The molecule has 0 radical (unpaired) electrons. The Balaban J connectivity index is 1.36. The molecular formula is C20H22BrN3O4S. The van der Waals surface area contributed by atoms with Crippen LogP contribution in [0.1, 0.15) is 29.6 Å². The Hall–Kier alpha value is -1.97. The summed E-state index contributed by atoms with van der Waals surface area (Å²) in [6, 6.07) is 9.88. The van der Waals surface area contributed by atoms with E-state index in [9.17, 15) is 13.2 Å². The van der Waals surface area contributed by atoms with E-state index in [2.05, 4.69) is 20.9 Å². The molecule has 0 N–H and O–H groups in total. The van der Waals surface area contributed by atoms with Crippen LogP contribution >= 0.6 is 15.9 Å². The highest BCUT2D eigenvalue weighted by atomic mass is 79.9. The Bertz CT molecular complexity index is 985. The van der Waals surface area contributed by atoms with Gasteiger partial charge in [0.15, 0.2) is 0 Å². The first-order chi connectivity index (χ1) is 13.9. The summed E-state index contributed by atoms with van der Waals surface area (Å²) in [5, 5.41) is 0. The molecular weight excluding hydrogens is 458 g/mol. The molecule has 0 bridgehead atoms. The van der Waals surface area contributed by atoms with E-state index in [4.69, 9.17) is 4.74 Å². The molecule has 0 atom stereocenters. The van der Waals surface area contributed by atoms with E-state index >= 15 is 0 Å². The predicted molar refractivity (Wildman–Crippen MR) is 111 cm³/mol. The Kier molecular flexibility index (Phi) is 5.89. The van der Waals surface area contributed by atoms with Gasteiger partial charge in [0, 0.05) is 24.8 Å². The summed E-state index contributed by atoms with van der Waals surface area (Å²) in [6.45, 7) is 2.06. The van der Waals surface area contributed by atoms with Crippen LogP contribution in [0.4, 0.5) is 0 Å². The zero-order valence-corrected chi connectivity index (χ0v) is 18.2. The number of pyridine rings is 1. The van der Waals surface area contributed by atoms with E-state index in [1.54, 1.807) is 23.2 Å². The number of carbonyl (C=O) groups excluding carboxylic acids is 1. The van der Waals surface area contributed by atoms with E-state index in [0.717, 1.165) is 23.7 Å². The Morgan fingerprint density at radius 3 is 2.41 bits per heavy atom. The van der Waals surface area contributed by atoms with Gasteiger partial charge in [0.25, 0.3) is 5.91 Å². The minimum atomic E-state index is -3.49. The first-order valence-corrected chi connectivity index (χ1v) is 11.8. The van der Waals surface area contributed by atoms with Crippen molar-refractivity contribution in [1.82, 2.24) is 14.2 Å². The topological polar surface area (TPSA) is 79.8 Å². The first-order valence-electron chi connectivity index (χ1n) is 9.62. The number of hydrogen-bond donors (Lipinski definition) is 0. The van der Waals surface area contributed by atoms with Crippen molar-refractivity contribution < 1.29 is 17.9 Å². The average molecular weight is 480 g/mol. The summed E-state index contributed by atoms with van der Waals surface area (Å²) < 4.78 is 33.5. The van der Waals surface area contributed by atoms with Crippen molar-refractivity contribution in [2.24, 2.45) is 0 Å². The number of ether oxygens (including phenoxy) is 1. The zero-order valence-electron chi connectivity index (χ0n) is 15.8.